The van der Waals surface area contributed by atoms with Crippen LogP contribution in [-0.2, 0) is 25.7 Å². The van der Waals surface area contributed by atoms with Crippen molar-refractivity contribution in [2.75, 3.05) is 0 Å². The molecule has 3 aromatic rings. The van der Waals surface area contributed by atoms with E-state index in [0.717, 1.165) is 0 Å². The third-order valence-electron chi connectivity index (χ3n) is 8.37. The van der Waals surface area contributed by atoms with Gasteiger partial charge in [0.15, 0.2) is 0 Å². The molecular weight excluding hydrogens is 336 g/mol. The molecule has 0 heteroatoms. The van der Waals surface area contributed by atoms with E-state index in [1.165, 1.54) is 58.7 Å². The smallest absolute Gasteiger partial charge is 0.0178 e. The van der Waals surface area contributed by atoms with Crippen LogP contribution in [-0.4, -0.2) is 0 Å². The van der Waals surface area contributed by atoms with Crippen LogP contribution in [0.15, 0.2) is 36.4 Å². The summed E-state index contributed by atoms with van der Waals surface area (Å²) in [6, 6.07) is 14.6. The average molecular weight is 369 g/mol. The lowest BCUT2D eigenvalue weighted by atomic mass is 9.62. The van der Waals surface area contributed by atoms with Crippen molar-refractivity contribution in [3.63, 3.8) is 0 Å². The Balaban J connectivity index is 1.53. The van der Waals surface area contributed by atoms with Gasteiger partial charge in [0.2, 0.25) is 0 Å². The summed E-state index contributed by atoms with van der Waals surface area (Å²) in [6.07, 6.45) is 4.89. The van der Waals surface area contributed by atoms with Crippen LogP contribution in [0.5, 0.6) is 0 Å². The quantitative estimate of drug-likeness (QED) is 0.434. The summed E-state index contributed by atoms with van der Waals surface area (Å²) < 4.78 is 0. The van der Waals surface area contributed by atoms with Gasteiger partial charge in [-0.15, -0.1) is 0 Å². The highest BCUT2D eigenvalue weighted by molar-refractivity contribution is 5.86. The third-order valence-corrected chi connectivity index (χ3v) is 8.37. The lowest BCUT2D eigenvalue weighted by molar-refractivity contribution is 0.0902. The minimum atomic E-state index is 0.331. The molecule has 0 aromatic heterocycles. The Morgan fingerprint density at radius 1 is 0.464 bits per heavy atom. The first-order valence-corrected chi connectivity index (χ1v) is 10.8. The Morgan fingerprint density at radius 3 is 1.11 bits per heavy atom. The van der Waals surface area contributed by atoms with E-state index in [1.807, 2.05) is 0 Å². The van der Waals surface area contributed by atoms with Crippen molar-refractivity contribution in [1.82, 2.24) is 0 Å². The molecule has 144 valence electrons. The maximum atomic E-state index is 2.56. The fraction of sp³-hybridized carbons (Fsp3) is 0.429. The maximum Gasteiger partial charge on any atom is -0.0178 e. The molecule has 0 saturated heterocycles. The molecule has 0 bridgehead atoms. The molecule has 0 radical (unpaired) electrons. The fourth-order valence-corrected chi connectivity index (χ4v) is 5.93. The largest absolute Gasteiger partial charge is 0.0585 e. The highest BCUT2D eigenvalue weighted by Crippen LogP contribution is 2.56. The van der Waals surface area contributed by atoms with Crippen LogP contribution >= 0.6 is 0 Å². The molecular formula is C28H32. The fourth-order valence-electron chi connectivity index (χ4n) is 5.93. The normalized spacial score (nSPS) is 19.1. The van der Waals surface area contributed by atoms with Gasteiger partial charge in [-0.1, -0.05) is 50.2 Å². The number of fused-ring (bicyclic) bond motifs is 3. The molecule has 3 aromatic carbocycles. The molecule has 0 N–H and O–H groups in total. The van der Waals surface area contributed by atoms with Crippen molar-refractivity contribution in [3.05, 3.63) is 80.9 Å². The third kappa shape index (κ3) is 2.50. The van der Waals surface area contributed by atoms with E-state index >= 15 is 0 Å². The molecule has 5 rings (SSSR count). The van der Waals surface area contributed by atoms with Crippen molar-refractivity contribution in [2.24, 2.45) is 10.8 Å². The van der Waals surface area contributed by atoms with Gasteiger partial charge in [0.05, 0.1) is 0 Å². The van der Waals surface area contributed by atoms with Crippen LogP contribution in [0.3, 0.4) is 0 Å². The maximum absolute atomic E-state index is 2.56. The standard InChI is InChI=1S/C28H32/c1-17-7-21-11-25-15-28(6,16-26(25)12-22(21)8-18(17)2)27(5)13-23-9-19(3)20(4)10-24(23)14-27/h7-12H,13-16H2,1-6H3. The van der Waals surface area contributed by atoms with Gasteiger partial charge in [-0.3, -0.25) is 0 Å². The van der Waals surface area contributed by atoms with Crippen molar-refractivity contribution in [3.8, 4) is 0 Å². The van der Waals surface area contributed by atoms with Gasteiger partial charge < -0.3 is 0 Å². The number of rotatable bonds is 1. The topological polar surface area (TPSA) is 0 Å². The second-order valence-electron chi connectivity index (χ2n) is 10.4. The summed E-state index contributed by atoms with van der Waals surface area (Å²) in [7, 11) is 0. The van der Waals surface area contributed by atoms with Crippen LogP contribution in [0, 0.1) is 38.5 Å². The molecule has 0 fully saturated rings. The Bertz CT molecular complexity index is 1050. The zero-order chi connectivity index (χ0) is 19.8. The van der Waals surface area contributed by atoms with E-state index < -0.39 is 0 Å². The molecule has 0 unspecified atom stereocenters. The van der Waals surface area contributed by atoms with Gasteiger partial charge in [-0.05, 0) is 119 Å². The van der Waals surface area contributed by atoms with Crippen molar-refractivity contribution >= 4 is 10.8 Å². The molecule has 0 heterocycles. The van der Waals surface area contributed by atoms with Crippen LogP contribution in [0.2, 0.25) is 0 Å². The van der Waals surface area contributed by atoms with Crippen molar-refractivity contribution < 1.29 is 0 Å². The highest BCUT2D eigenvalue weighted by Gasteiger charge is 2.50. The minimum Gasteiger partial charge on any atom is -0.0585 e. The molecule has 0 nitrogen and oxygen atoms in total. The second kappa shape index (κ2) is 5.72. The summed E-state index contributed by atoms with van der Waals surface area (Å²) in [4.78, 5) is 0. The molecule has 2 aliphatic carbocycles. The van der Waals surface area contributed by atoms with E-state index in [0.29, 0.717) is 10.8 Å². The number of aryl methyl sites for hydroxylation is 4. The lowest BCUT2D eigenvalue weighted by Crippen LogP contribution is -2.39. The monoisotopic (exact) mass is 368 g/mol. The second-order valence-corrected chi connectivity index (χ2v) is 10.4. The van der Waals surface area contributed by atoms with Crippen LogP contribution in [0.1, 0.15) is 58.4 Å². The van der Waals surface area contributed by atoms with E-state index in [-0.39, 0.29) is 0 Å². The molecule has 0 aliphatic heterocycles. The molecule has 28 heavy (non-hydrogen) atoms. The summed E-state index contributed by atoms with van der Waals surface area (Å²) in [5.74, 6) is 0. The summed E-state index contributed by atoms with van der Waals surface area (Å²) in [5, 5.41) is 2.83. The van der Waals surface area contributed by atoms with E-state index in [1.54, 1.807) is 22.3 Å². The zero-order valence-corrected chi connectivity index (χ0v) is 18.3. The van der Waals surface area contributed by atoms with Gasteiger partial charge in [-0.2, -0.15) is 0 Å². The molecule has 0 atom stereocenters. The van der Waals surface area contributed by atoms with Crippen LogP contribution < -0.4 is 0 Å². The van der Waals surface area contributed by atoms with Crippen LogP contribution in [0.25, 0.3) is 10.8 Å². The SMILES string of the molecule is Cc1cc2c(cc1C)CC(C)(C1(C)Cc3cc4cc(C)c(C)cc4cc3C1)C2. The number of hydrogen-bond donors (Lipinski definition) is 0. The van der Waals surface area contributed by atoms with Gasteiger partial charge >= 0.3 is 0 Å². The minimum absolute atomic E-state index is 0.331. The average Bonchev–Trinajstić information content (AvgIpc) is 3.12. The van der Waals surface area contributed by atoms with E-state index in [4.69, 9.17) is 0 Å². The first kappa shape index (κ1) is 18.0. The Kier molecular flexibility index (Phi) is 3.67. The van der Waals surface area contributed by atoms with E-state index in [2.05, 4.69) is 77.9 Å². The van der Waals surface area contributed by atoms with Gasteiger partial charge in [-0.25, -0.2) is 0 Å². The molecule has 0 saturated carbocycles. The Hall–Kier alpha value is -2.08. The summed E-state index contributed by atoms with van der Waals surface area (Å²) in [6.45, 7) is 14.1. The van der Waals surface area contributed by atoms with Crippen LogP contribution in [0.4, 0.5) is 0 Å². The number of hydrogen-bond acceptors (Lipinski definition) is 0. The van der Waals surface area contributed by atoms with Gasteiger partial charge in [0.1, 0.15) is 0 Å². The predicted octanol–water partition coefficient (Wildman–Crippen LogP) is 6.98. The highest BCUT2D eigenvalue weighted by atomic mass is 14.5. The van der Waals surface area contributed by atoms with Gasteiger partial charge in [0, 0.05) is 0 Å². The first-order chi connectivity index (χ1) is 13.2. The predicted molar refractivity (Wildman–Crippen MR) is 120 cm³/mol. The molecule has 2 aliphatic rings. The molecule has 0 amide bonds. The Morgan fingerprint density at radius 2 is 0.750 bits per heavy atom. The summed E-state index contributed by atoms with van der Waals surface area (Å²) >= 11 is 0. The van der Waals surface area contributed by atoms with Crippen molar-refractivity contribution in [2.45, 2.75) is 67.2 Å². The number of benzene rings is 3. The first-order valence-electron chi connectivity index (χ1n) is 10.8. The lowest BCUT2D eigenvalue weighted by Gasteiger charge is -2.42. The summed E-state index contributed by atoms with van der Waals surface area (Å²) in [5.41, 5.74) is 12.7. The van der Waals surface area contributed by atoms with E-state index in [9.17, 15) is 0 Å². The van der Waals surface area contributed by atoms with Gasteiger partial charge in [0.25, 0.3) is 0 Å². The van der Waals surface area contributed by atoms with Crippen molar-refractivity contribution in [1.29, 1.82) is 0 Å². The molecule has 0 spiro atoms. The zero-order valence-electron chi connectivity index (χ0n) is 18.3. The Labute approximate surface area is 170 Å².